The zero-order valence-electron chi connectivity index (χ0n) is 66.4. The second kappa shape index (κ2) is 28.4. The van der Waals surface area contributed by atoms with E-state index in [1.165, 1.54) is 144 Å². The first-order valence-electron chi connectivity index (χ1n) is 41.2. The summed E-state index contributed by atoms with van der Waals surface area (Å²) in [6.45, 7) is 12.1. The van der Waals surface area contributed by atoms with Gasteiger partial charge >= 0.3 is 0 Å². The molecule has 0 aliphatic heterocycles. The van der Waals surface area contributed by atoms with Gasteiger partial charge in [-0.3, -0.25) is 0 Å². The zero-order valence-corrected chi connectivity index (χ0v) is 66.4. The molecule has 18 aromatic carbocycles. The third kappa shape index (κ3) is 11.8. The summed E-state index contributed by atoms with van der Waals surface area (Å²) in [4.78, 5) is 5.14. The first kappa shape index (κ1) is 70.7. The van der Waals surface area contributed by atoms with Crippen LogP contribution >= 0.6 is 0 Å². The molecule has 0 saturated carbocycles. The first-order chi connectivity index (χ1) is 57.5. The van der Waals surface area contributed by atoms with Crippen LogP contribution in [-0.4, -0.2) is 0 Å². The minimum absolute atomic E-state index is 0.195. The highest BCUT2D eigenvalue weighted by Crippen LogP contribution is 2.60. The average molecular weight is 1500 g/mol. The van der Waals surface area contributed by atoms with Gasteiger partial charge in [0.15, 0.2) is 0 Å². The van der Waals surface area contributed by atoms with Crippen LogP contribution in [0.2, 0.25) is 0 Å². The number of rotatable bonds is 15. The maximum atomic E-state index is 2.57. The number of nitrogens with zero attached hydrogens (tertiary/aromatic N) is 2. The van der Waals surface area contributed by atoms with Crippen LogP contribution in [-0.2, 0) is 16.2 Å². The van der Waals surface area contributed by atoms with E-state index in [0.717, 1.165) is 68.4 Å². The molecule has 0 radical (unpaired) electrons. The van der Waals surface area contributed by atoms with Gasteiger partial charge in [-0.1, -0.05) is 399 Å². The van der Waals surface area contributed by atoms with E-state index < -0.39 is 0 Å². The van der Waals surface area contributed by atoms with E-state index in [0.29, 0.717) is 0 Å². The molecule has 3 aliphatic rings. The van der Waals surface area contributed by atoms with Gasteiger partial charge in [0.05, 0.1) is 28.4 Å². The van der Waals surface area contributed by atoms with Crippen molar-refractivity contribution in [3.05, 3.63) is 452 Å². The molecule has 18 aromatic rings. The van der Waals surface area contributed by atoms with Crippen molar-refractivity contribution in [1.29, 1.82) is 0 Å². The van der Waals surface area contributed by atoms with E-state index >= 15 is 0 Å². The van der Waals surface area contributed by atoms with Crippen molar-refractivity contribution in [3.8, 4) is 100 Å². The summed E-state index contributed by atoms with van der Waals surface area (Å²) in [5.41, 5.74) is 36.5. The van der Waals surface area contributed by atoms with E-state index in [1.807, 2.05) is 0 Å². The van der Waals surface area contributed by atoms with Crippen molar-refractivity contribution in [2.24, 2.45) is 0 Å². The molecule has 0 aromatic heterocycles. The molecule has 2 nitrogen and oxygen atoms in total. The summed E-state index contributed by atoms with van der Waals surface area (Å²) in [7, 11) is 0. The molecule has 0 bridgehead atoms. The third-order valence-electron chi connectivity index (χ3n) is 25.8. The lowest BCUT2D eigenvalue weighted by molar-refractivity contribution is 0.622. The van der Waals surface area contributed by atoms with E-state index in [-0.39, 0.29) is 16.2 Å². The van der Waals surface area contributed by atoms with Crippen molar-refractivity contribution in [2.75, 3.05) is 9.80 Å². The SMILES string of the molecule is CC1(c2ccccc2-c2ccccc2)CC=CC=C1c1ccccc1N(c1ccc(-c2ccc(-c3cccc4ccccc34)cc2)cc1)c1cccc2c1-c1ccc(-c3cccc(-c4ccccc4-c4ccccc4-c4ccccc4N(c4cccc5c4-c4ccccc4C5(C)C)c4cccc5c4ccc4ccccc45)c3)cc1C2(C)C. The molecule has 3 aliphatic carbocycles. The van der Waals surface area contributed by atoms with Crippen LogP contribution in [0.1, 0.15) is 74.4 Å². The molecule has 0 saturated heterocycles. The van der Waals surface area contributed by atoms with Crippen molar-refractivity contribution >= 4 is 72.0 Å². The predicted molar refractivity (Wildman–Crippen MR) is 497 cm³/mol. The van der Waals surface area contributed by atoms with Crippen molar-refractivity contribution in [1.82, 2.24) is 0 Å². The minimum atomic E-state index is -0.376. The van der Waals surface area contributed by atoms with Crippen molar-refractivity contribution in [2.45, 2.75) is 57.3 Å². The standard InChI is InChI=1S/C115H86N2/c1-113(2)100-51-21-18-48-98(100)111-103(113)54-31-60-110(111)117(107-58-29-50-92-88-40-12-10-35-80(88)67-71-96(92)107)106-56-23-19-46-95(106)94-45-16-15-44-93(94)91-43-14-13-41-89(91)84-38-27-37-82(74-84)83-68-72-99-105(75-83)114(3,4)104-55-30-59-109(112(99)104)116(85-69-65-77(66-70-85)76-61-63-81(64-62-76)87-49-28-36-78-34-9-11-39-86(78)87)108-57-24-20-47-97(108)102-53-25-26-73-115(102,5)101-52-22-17-42-90(101)79-32-7-6-8-33-79/h6-72,74-75H,73H2,1-5H3. The van der Waals surface area contributed by atoms with Gasteiger partial charge in [0.25, 0.3) is 0 Å². The smallest absolute Gasteiger partial charge is 0.0543 e. The molecule has 0 heterocycles. The largest absolute Gasteiger partial charge is 0.309 e. The van der Waals surface area contributed by atoms with Crippen LogP contribution in [0.15, 0.2) is 419 Å². The number of hydrogen-bond donors (Lipinski definition) is 0. The van der Waals surface area contributed by atoms with Crippen molar-refractivity contribution in [3.63, 3.8) is 0 Å². The monoisotopic (exact) mass is 1490 g/mol. The Balaban J connectivity index is 0.669. The van der Waals surface area contributed by atoms with Gasteiger partial charge in [0.2, 0.25) is 0 Å². The quantitative estimate of drug-likeness (QED) is 0.0944. The summed E-state index contributed by atoms with van der Waals surface area (Å²) < 4.78 is 0. The predicted octanol–water partition coefficient (Wildman–Crippen LogP) is 31.7. The van der Waals surface area contributed by atoms with Crippen LogP contribution in [0.5, 0.6) is 0 Å². The van der Waals surface area contributed by atoms with Crippen LogP contribution < -0.4 is 9.80 Å². The van der Waals surface area contributed by atoms with Gasteiger partial charge in [-0.05, 0) is 205 Å². The Morgan fingerprint density at radius 3 is 1.38 bits per heavy atom. The second-order valence-electron chi connectivity index (χ2n) is 33.1. The molecule has 21 rings (SSSR count). The summed E-state index contributed by atoms with van der Waals surface area (Å²) >= 11 is 0. The molecule has 0 amide bonds. The number of anilines is 6. The number of para-hydroxylation sites is 2. The summed E-state index contributed by atoms with van der Waals surface area (Å²) in [6.07, 6.45) is 7.86. The van der Waals surface area contributed by atoms with Crippen LogP contribution in [0.4, 0.5) is 34.1 Å². The lowest BCUT2D eigenvalue weighted by atomic mass is 9.67. The van der Waals surface area contributed by atoms with Crippen LogP contribution in [0, 0.1) is 0 Å². The summed E-state index contributed by atoms with van der Waals surface area (Å²) in [5, 5.41) is 7.40. The Labute approximate surface area is 686 Å². The van der Waals surface area contributed by atoms with Gasteiger partial charge in [0, 0.05) is 49.6 Å². The fourth-order valence-electron chi connectivity index (χ4n) is 20.0. The molecule has 1 atom stereocenters. The Kier molecular flexibility index (Phi) is 17.2. The van der Waals surface area contributed by atoms with Crippen LogP contribution in [0.25, 0.3) is 138 Å². The second-order valence-corrected chi connectivity index (χ2v) is 33.1. The minimum Gasteiger partial charge on any atom is -0.309 e. The highest BCUT2D eigenvalue weighted by atomic mass is 15.2. The third-order valence-corrected chi connectivity index (χ3v) is 25.8. The number of allylic oxidation sites excluding steroid dienone is 4. The number of benzene rings is 18. The molecule has 0 N–H and O–H groups in total. The van der Waals surface area contributed by atoms with E-state index in [1.54, 1.807) is 0 Å². The lowest BCUT2D eigenvalue weighted by Crippen LogP contribution is -2.27. The normalized spacial score (nSPS) is 14.7. The number of fused-ring (bicyclic) bond motifs is 10. The molecule has 0 spiro atoms. The Morgan fingerprint density at radius 1 is 0.222 bits per heavy atom. The van der Waals surface area contributed by atoms with Gasteiger partial charge < -0.3 is 9.80 Å². The molecule has 556 valence electrons. The molecule has 0 fully saturated rings. The topological polar surface area (TPSA) is 6.48 Å². The number of hydrogen-bond acceptors (Lipinski definition) is 2. The Morgan fingerprint density at radius 2 is 0.650 bits per heavy atom. The molecular formula is C115H86N2. The summed E-state index contributed by atoms with van der Waals surface area (Å²) in [6, 6.07) is 150. The van der Waals surface area contributed by atoms with Crippen LogP contribution in [0.3, 0.4) is 0 Å². The first-order valence-corrected chi connectivity index (χ1v) is 41.2. The van der Waals surface area contributed by atoms with Gasteiger partial charge in [-0.25, -0.2) is 0 Å². The molecule has 2 heteroatoms. The van der Waals surface area contributed by atoms with Gasteiger partial charge in [-0.2, -0.15) is 0 Å². The maximum Gasteiger partial charge on any atom is 0.0543 e. The van der Waals surface area contributed by atoms with E-state index in [9.17, 15) is 0 Å². The van der Waals surface area contributed by atoms with Crippen molar-refractivity contribution < 1.29 is 0 Å². The van der Waals surface area contributed by atoms with E-state index in [4.69, 9.17) is 0 Å². The highest BCUT2D eigenvalue weighted by molar-refractivity contribution is 6.15. The average Bonchev–Trinajstić information content (AvgIpc) is 1.57. The highest BCUT2D eigenvalue weighted by Gasteiger charge is 2.42. The summed E-state index contributed by atoms with van der Waals surface area (Å²) in [5.74, 6) is 0. The Bertz CT molecular complexity index is 7040. The van der Waals surface area contributed by atoms with E-state index in [2.05, 4.69) is 463 Å². The lowest BCUT2D eigenvalue weighted by Gasteiger charge is -2.38. The maximum absolute atomic E-state index is 2.57. The molecule has 117 heavy (non-hydrogen) atoms. The Hall–Kier alpha value is -14.2. The van der Waals surface area contributed by atoms with Gasteiger partial charge in [-0.15, -0.1) is 0 Å². The molecule has 1 unspecified atom stereocenters. The zero-order chi connectivity index (χ0) is 78.5. The van der Waals surface area contributed by atoms with Gasteiger partial charge in [0.1, 0.15) is 0 Å². The molecular weight excluding hydrogens is 1410 g/mol. The fourth-order valence-corrected chi connectivity index (χ4v) is 20.0. The fraction of sp³-hybridized carbons (Fsp3) is 0.0783.